The minimum absolute atomic E-state index is 0. The third kappa shape index (κ3) is 8.50. The van der Waals surface area contributed by atoms with E-state index < -0.39 is 0 Å². The maximum absolute atomic E-state index is 5.94. The van der Waals surface area contributed by atoms with Gasteiger partial charge in [-0.15, -0.1) is 34.2 Å². The van der Waals surface area contributed by atoms with Crippen LogP contribution in [0, 0.1) is 5.92 Å². The van der Waals surface area contributed by atoms with Gasteiger partial charge in [0.15, 0.2) is 11.1 Å². The number of hydrogen-bond acceptors (Lipinski definition) is 4. The van der Waals surface area contributed by atoms with Crippen molar-refractivity contribution in [1.29, 1.82) is 0 Å². The third-order valence-corrected chi connectivity index (χ3v) is 4.59. The summed E-state index contributed by atoms with van der Waals surface area (Å²) in [5, 5.41) is 12.8. The number of halogens is 1. The average Bonchev–Trinajstić information content (AvgIpc) is 3.00. The molecule has 1 aromatic carbocycles. The summed E-state index contributed by atoms with van der Waals surface area (Å²) in [5.74, 6) is 2.11. The molecule has 0 unspecified atom stereocenters. The Bertz CT molecular complexity index is 687. The van der Waals surface area contributed by atoms with Crippen LogP contribution in [0.25, 0.3) is 0 Å². The van der Waals surface area contributed by atoms with Crippen LogP contribution in [0.15, 0.2) is 40.5 Å². The highest BCUT2D eigenvalue weighted by Crippen LogP contribution is 2.16. The largest absolute Gasteiger partial charge is 0.370 e. The Kier molecular flexibility index (Phi) is 11.4. The van der Waals surface area contributed by atoms with Crippen LogP contribution in [0.5, 0.6) is 0 Å². The van der Waals surface area contributed by atoms with Gasteiger partial charge in [-0.1, -0.05) is 55.9 Å². The molecule has 3 N–H and O–H groups in total. The predicted molar refractivity (Wildman–Crippen MR) is 125 cm³/mol. The first-order valence-corrected chi connectivity index (χ1v) is 10.4. The summed E-state index contributed by atoms with van der Waals surface area (Å²) >= 11 is 1.64. The first-order chi connectivity index (χ1) is 12.6. The fourth-order valence-corrected chi connectivity index (χ4v) is 3.20. The van der Waals surface area contributed by atoms with E-state index in [4.69, 9.17) is 5.73 Å². The molecule has 0 amide bonds. The van der Waals surface area contributed by atoms with Gasteiger partial charge in [0.25, 0.3) is 0 Å². The van der Waals surface area contributed by atoms with Crippen molar-refractivity contribution < 1.29 is 0 Å². The van der Waals surface area contributed by atoms with Gasteiger partial charge in [0.1, 0.15) is 5.82 Å². The van der Waals surface area contributed by atoms with Gasteiger partial charge in [0.2, 0.25) is 0 Å². The van der Waals surface area contributed by atoms with Crippen LogP contribution in [0.2, 0.25) is 0 Å². The molecule has 0 fully saturated rings. The molecule has 6 nitrogen and oxygen atoms in total. The Balaban J connectivity index is 0.00000364. The maximum Gasteiger partial charge on any atom is 0.190 e. The Morgan fingerprint density at radius 3 is 2.63 bits per heavy atom. The predicted octanol–water partition coefficient (Wildman–Crippen LogP) is 3.35. The van der Waals surface area contributed by atoms with Crippen LogP contribution in [0.3, 0.4) is 0 Å². The van der Waals surface area contributed by atoms with Gasteiger partial charge >= 0.3 is 0 Å². The second-order valence-corrected chi connectivity index (χ2v) is 7.41. The lowest BCUT2D eigenvalue weighted by Gasteiger charge is -2.11. The van der Waals surface area contributed by atoms with Crippen molar-refractivity contribution in [2.75, 3.05) is 19.3 Å². The van der Waals surface area contributed by atoms with Gasteiger partial charge in [0, 0.05) is 26.1 Å². The lowest BCUT2D eigenvalue weighted by molar-refractivity contribution is 0.477. The van der Waals surface area contributed by atoms with E-state index in [2.05, 4.69) is 51.1 Å². The molecule has 0 saturated heterocycles. The lowest BCUT2D eigenvalue weighted by atomic mass is 10.1. The van der Waals surface area contributed by atoms with Gasteiger partial charge in [-0.05, 0) is 30.6 Å². The number of hydrogen-bond donors (Lipinski definition) is 2. The molecule has 150 valence electrons. The Morgan fingerprint density at radius 2 is 1.96 bits per heavy atom. The van der Waals surface area contributed by atoms with Gasteiger partial charge in [-0.3, -0.25) is 4.99 Å². The second kappa shape index (κ2) is 13.0. The van der Waals surface area contributed by atoms with Crippen molar-refractivity contribution in [2.24, 2.45) is 16.6 Å². The number of nitrogens with zero attached hydrogens (tertiary/aromatic N) is 4. The molecule has 1 aromatic heterocycles. The first-order valence-electron chi connectivity index (χ1n) is 9.14. The average molecular weight is 502 g/mol. The van der Waals surface area contributed by atoms with E-state index in [1.54, 1.807) is 11.8 Å². The molecular weight excluding hydrogens is 471 g/mol. The monoisotopic (exact) mass is 502 g/mol. The molecule has 2 aromatic rings. The minimum Gasteiger partial charge on any atom is -0.370 e. The number of aromatic nitrogens is 3. The van der Waals surface area contributed by atoms with Gasteiger partial charge in [0.05, 0.1) is 0 Å². The molecule has 0 aliphatic carbocycles. The summed E-state index contributed by atoms with van der Waals surface area (Å²) in [4.78, 5) is 4.41. The van der Waals surface area contributed by atoms with Crippen molar-refractivity contribution in [3.05, 3.63) is 41.7 Å². The molecule has 27 heavy (non-hydrogen) atoms. The summed E-state index contributed by atoms with van der Waals surface area (Å²) in [5.41, 5.74) is 7.23. The molecule has 0 radical (unpaired) electrons. The zero-order valence-corrected chi connectivity index (χ0v) is 19.5. The summed E-state index contributed by atoms with van der Waals surface area (Å²) in [6.07, 6.45) is 4.75. The van der Waals surface area contributed by atoms with Gasteiger partial charge in [-0.2, -0.15) is 0 Å². The maximum atomic E-state index is 5.94. The topological polar surface area (TPSA) is 81.1 Å². The highest BCUT2D eigenvalue weighted by molar-refractivity contribution is 14.0. The molecular formula is C19H31IN6S. The molecule has 1 heterocycles. The molecule has 0 aliphatic rings. The quantitative estimate of drug-likeness (QED) is 0.171. The Labute approximate surface area is 183 Å². The summed E-state index contributed by atoms with van der Waals surface area (Å²) in [7, 11) is 0. The van der Waals surface area contributed by atoms with E-state index in [1.165, 1.54) is 5.56 Å². The number of guanidine groups is 1. The molecule has 0 aliphatic heterocycles. The van der Waals surface area contributed by atoms with Gasteiger partial charge < -0.3 is 15.6 Å². The molecule has 0 atom stereocenters. The van der Waals surface area contributed by atoms with E-state index in [-0.39, 0.29) is 24.0 Å². The number of nitrogens with two attached hydrogens (primary N) is 1. The van der Waals surface area contributed by atoms with Crippen molar-refractivity contribution in [2.45, 2.75) is 44.8 Å². The lowest BCUT2D eigenvalue weighted by Crippen LogP contribution is -2.33. The number of benzene rings is 1. The van der Waals surface area contributed by atoms with E-state index in [0.717, 1.165) is 43.3 Å². The summed E-state index contributed by atoms with van der Waals surface area (Å²) in [6, 6.07) is 10.4. The van der Waals surface area contributed by atoms with Crippen LogP contribution in [-0.2, 0) is 19.4 Å². The number of thioether (sulfide) groups is 1. The molecule has 8 heteroatoms. The normalized spacial score (nSPS) is 11.5. The summed E-state index contributed by atoms with van der Waals surface area (Å²) in [6.45, 7) is 6.84. The first kappa shape index (κ1) is 23.7. The molecule has 0 saturated carbocycles. The summed E-state index contributed by atoms with van der Waals surface area (Å²) < 4.78 is 2.22. The van der Waals surface area contributed by atoms with E-state index in [0.29, 0.717) is 18.4 Å². The highest BCUT2D eigenvalue weighted by Gasteiger charge is 2.12. The van der Waals surface area contributed by atoms with Gasteiger partial charge in [-0.25, -0.2) is 0 Å². The minimum atomic E-state index is 0. The zero-order valence-electron chi connectivity index (χ0n) is 16.4. The molecule has 0 bridgehead atoms. The second-order valence-electron chi connectivity index (χ2n) is 6.64. The highest BCUT2D eigenvalue weighted by atomic mass is 127. The van der Waals surface area contributed by atoms with Crippen LogP contribution in [-0.4, -0.2) is 40.1 Å². The van der Waals surface area contributed by atoms with E-state index in [9.17, 15) is 0 Å². The van der Waals surface area contributed by atoms with Crippen molar-refractivity contribution in [1.82, 2.24) is 20.1 Å². The number of aryl methyl sites for hydroxylation is 1. The number of nitrogens with one attached hydrogen (secondary N) is 1. The fraction of sp³-hybridized carbons (Fsp3) is 0.526. The standard InChI is InChI=1S/C19H30N6S.HI/c1-15(2)14-25-17(23-24-19(25)26-3)10-7-12-21-18(20)22-13-11-16-8-5-4-6-9-16;/h4-6,8-9,15H,7,10-14H2,1-3H3,(H3,20,21,22);1H. The number of aliphatic imine (C=N–C) groups is 1. The SMILES string of the molecule is CSc1nnc(CCCN=C(N)NCCc2ccccc2)n1CC(C)C.I. The number of rotatable bonds is 10. The van der Waals surface area contributed by atoms with Crippen LogP contribution >= 0.6 is 35.7 Å². The van der Waals surface area contributed by atoms with E-state index >= 15 is 0 Å². The molecule has 2 rings (SSSR count). The third-order valence-electron chi connectivity index (χ3n) is 3.93. The van der Waals surface area contributed by atoms with Crippen LogP contribution < -0.4 is 11.1 Å². The van der Waals surface area contributed by atoms with Crippen molar-refractivity contribution in [3.63, 3.8) is 0 Å². The zero-order chi connectivity index (χ0) is 18.8. The Hall–Kier alpha value is -1.29. The smallest absolute Gasteiger partial charge is 0.190 e. The van der Waals surface area contributed by atoms with Crippen LogP contribution in [0.4, 0.5) is 0 Å². The van der Waals surface area contributed by atoms with Crippen molar-refractivity contribution >= 4 is 41.7 Å². The van der Waals surface area contributed by atoms with E-state index in [1.807, 2.05) is 24.5 Å². The van der Waals surface area contributed by atoms with Crippen LogP contribution in [0.1, 0.15) is 31.7 Å². The van der Waals surface area contributed by atoms with Crippen molar-refractivity contribution in [3.8, 4) is 0 Å². The Morgan fingerprint density at radius 1 is 1.22 bits per heavy atom. The fourth-order valence-electron chi connectivity index (χ4n) is 2.68. The molecule has 0 spiro atoms.